The van der Waals surface area contributed by atoms with Crippen LogP contribution in [0, 0.1) is 0 Å². The van der Waals surface area contributed by atoms with Gasteiger partial charge in [0.2, 0.25) is 0 Å². The van der Waals surface area contributed by atoms with Crippen molar-refractivity contribution in [2.24, 2.45) is 0 Å². The highest BCUT2D eigenvalue weighted by atomic mass is 16.4. The molecule has 0 saturated heterocycles. The van der Waals surface area contributed by atoms with Gasteiger partial charge in [0.25, 0.3) is 0 Å². The maximum atomic E-state index is 11.1. The van der Waals surface area contributed by atoms with E-state index in [2.05, 4.69) is 9.47 Å². The van der Waals surface area contributed by atoms with Crippen molar-refractivity contribution in [2.75, 3.05) is 14.1 Å². The Kier molecular flexibility index (Phi) is 3.68. The SMILES string of the molecule is CN(C)Cc1nc2cc(C(=O)O)ccc2n1C1CCCC1. The molecular formula is C16H21N3O2. The van der Waals surface area contributed by atoms with Gasteiger partial charge in [-0.05, 0) is 45.1 Å². The van der Waals surface area contributed by atoms with Crippen LogP contribution in [0.3, 0.4) is 0 Å². The van der Waals surface area contributed by atoms with Crippen LogP contribution in [0.15, 0.2) is 18.2 Å². The summed E-state index contributed by atoms with van der Waals surface area (Å²) in [5.74, 6) is 0.130. The van der Waals surface area contributed by atoms with E-state index in [0.29, 0.717) is 11.6 Å². The zero-order valence-electron chi connectivity index (χ0n) is 12.5. The van der Waals surface area contributed by atoms with E-state index in [4.69, 9.17) is 10.1 Å². The van der Waals surface area contributed by atoms with Crippen LogP contribution in [0.4, 0.5) is 0 Å². The number of carboxylic acid groups (broad SMARTS) is 1. The first-order valence-corrected chi connectivity index (χ1v) is 7.45. The Morgan fingerprint density at radius 2 is 2.10 bits per heavy atom. The van der Waals surface area contributed by atoms with Crippen LogP contribution in [0.25, 0.3) is 11.0 Å². The van der Waals surface area contributed by atoms with E-state index in [-0.39, 0.29) is 0 Å². The van der Waals surface area contributed by atoms with Crippen LogP contribution in [0.2, 0.25) is 0 Å². The van der Waals surface area contributed by atoms with Crippen LogP contribution < -0.4 is 0 Å². The van der Waals surface area contributed by atoms with Gasteiger partial charge in [-0.25, -0.2) is 9.78 Å². The number of aromatic carboxylic acids is 1. The first-order valence-electron chi connectivity index (χ1n) is 7.45. The molecule has 1 saturated carbocycles. The maximum Gasteiger partial charge on any atom is 0.335 e. The van der Waals surface area contributed by atoms with Crippen LogP contribution >= 0.6 is 0 Å². The molecule has 0 spiro atoms. The Morgan fingerprint density at radius 3 is 2.71 bits per heavy atom. The third kappa shape index (κ3) is 2.65. The average molecular weight is 287 g/mol. The number of hydrogen-bond acceptors (Lipinski definition) is 3. The first-order chi connectivity index (χ1) is 10.1. The van der Waals surface area contributed by atoms with E-state index in [1.54, 1.807) is 12.1 Å². The van der Waals surface area contributed by atoms with Gasteiger partial charge < -0.3 is 14.6 Å². The third-order valence-corrected chi connectivity index (χ3v) is 4.16. The lowest BCUT2D eigenvalue weighted by atomic mass is 10.2. The zero-order chi connectivity index (χ0) is 15.0. The van der Waals surface area contributed by atoms with Gasteiger partial charge in [-0.15, -0.1) is 0 Å². The van der Waals surface area contributed by atoms with Gasteiger partial charge in [-0.3, -0.25) is 0 Å². The fraction of sp³-hybridized carbons (Fsp3) is 0.500. The summed E-state index contributed by atoms with van der Waals surface area (Å²) >= 11 is 0. The summed E-state index contributed by atoms with van der Waals surface area (Å²) in [5, 5.41) is 9.13. The van der Waals surface area contributed by atoms with Crippen LogP contribution in [0.1, 0.15) is 47.9 Å². The number of benzene rings is 1. The minimum absolute atomic E-state index is 0.301. The maximum absolute atomic E-state index is 11.1. The molecule has 1 aliphatic carbocycles. The number of carboxylic acids is 1. The summed E-state index contributed by atoms with van der Waals surface area (Å²) < 4.78 is 2.33. The van der Waals surface area contributed by atoms with Crippen molar-refractivity contribution in [1.29, 1.82) is 0 Å². The van der Waals surface area contributed by atoms with Gasteiger partial charge in [0.05, 0.1) is 23.1 Å². The van der Waals surface area contributed by atoms with Gasteiger partial charge in [0, 0.05) is 6.04 Å². The molecule has 2 aromatic rings. The molecule has 112 valence electrons. The molecule has 1 aliphatic rings. The summed E-state index contributed by atoms with van der Waals surface area (Å²) in [6, 6.07) is 5.77. The number of imidazole rings is 1. The Labute approximate surface area is 124 Å². The molecule has 0 unspecified atom stereocenters. The fourth-order valence-electron chi connectivity index (χ4n) is 3.25. The van der Waals surface area contributed by atoms with E-state index in [1.165, 1.54) is 25.7 Å². The summed E-state index contributed by atoms with van der Waals surface area (Å²) in [5.41, 5.74) is 2.15. The third-order valence-electron chi connectivity index (χ3n) is 4.16. The van der Waals surface area contributed by atoms with E-state index in [1.807, 2.05) is 20.2 Å². The normalized spacial score (nSPS) is 16.1. The highest BCUT2D eigenvalue weighted by molar-refractivity contribution is 5.92. The molecule has 0 radical (unpaired) electrons. The highest BCUT2D eigenvalue weighted by Crippen LogP contribution is 2.34. The molecule has 0 bridgehead atoms. The Morgan fingerprint density at radius 1 is 1.38 bits per heavy atom. The second-order valence-electron chi connectivity index (χ2n) is 6.08. The number of rotatable bonds is 4. The first kappa shape index (κ1) is 14.1. The molecule has 21 heavy (non-hydrogen) atoms. The summed E-state index contributed by atoms with van der Waals surface area (Å²) in [6.45, 7) is 0.771. The molecular weight excluding hydrogens is 266 g/mol. The minimum atomic E-state index is -0.901. The fourth-order valence-corrected chi connectivity index (χ4v) is 3.25. The minimum Gasteiger partial charge on any atom is -0.478 e. The number of hydrogen-bond donors (Lipinski definition) is 1. The van der Waals surface area contributed by atoms with Gasteiger partial charge in [-0.2, -0.15) is 0 Å². The Hall–Kier alpha value is -1.88. The molecule has 0 amide bonds. The van der Waals surface area contributed by atoms with Crippen LogP contribution in [-0.2, 0) is 6.54 Å². The molecule has 1 aromatic carbocycles. The summed E-state index contributed by atoms with van der Waals surface area (Å²) in [6.07, 6.45) is 4.90. The van der Waals surface area contributed by atoms with Crippen molar-refractivity contribution in [1.82, 2.24) is 14.5 Å². The lowest BCUT2D eigenvalue weighted by molar-refractivity contribution is 0.0697. The summed E-state index contributed by atoms with van der Waals surface area (Å²) in [4.78, 5) is 17.9. The Balaban J connectivity index is 2.13. The standard InChI is InChI=1S/C16H21N3O2/c1-18(2)10-15-17-13-9-11(16(20)21)7-8-14(13)19(15)12-5-3-4-6-12/h7-9,12H,3-6,10H2,1-2H3,(H,20,21). The Bertz CT molecular complexity index is 669. The zero-order valence-corrected chi connectivity index (χ0v) is 12.5. The van der Waals surface area contributed by atoms with Gasteiger partial charge in [0.1, 0.15) is 5.82 Å². The molecule has 5 nitrogen and oxygen atoms in total. The number of nitrogens with zero attached hydrogens (tertiary/aromatic N) is 3. The molecule has 0 aliphatic heterocycles. The lowest BCUT2D eigenvalue weighted by Crippen LogP contribution is -2.17. The summed E-state index contributed by atoms with van der Waals surface area (Å²) in [7, 11) is 4.06. The van der Waals surface area contributed by atoms with Crippen molar-refractivity contribution in [3.8, 4) is 0 Å². The topological polar surface area (TPSA) is 58.4 Å². The van der Waals surface area contributed by atoms with E-state index in [9.17, 15) is 4.79 Å². The number of fused-ring (bicyclic) bond motifs is 1. The van der Waals surface area contributed by atoms with Crippen LogP contribution in [-0.4, -0.2) is 39.6 Å². The van der Waals surface area contributed by atoms with Crippen molar-refractivity contribution in [3.05, 3.63) is 29.6 Å². The molecule has 0 atom stereocenters. The van der Waals surface area contributed by atoms with E-state index in [0.717, 1.165) is 23.4 Å². The quantitative estimate of drug-likeness (QED) is 0.939. The van der Waals surface area contributed by atoms with E-state index >= 15 is 0 Å². The van der Waals surface area contributed by atoms with Gasteiger partial charge in [-0.1, -0.05) is 12.8 Å². The number of carbonyl (C=O) groups is 1. The molecule has 1 heterocycles. The van der Waals surface area contributed by atoms with Crippen molar-refractivity contribution in [3.63, 3.8) is 0 Å². The molecule has 1 aromatic heterocycles. The van der Waals surface area contributed by atoms with Gasteiger partial charge in [0.15, 0.2) is 0 Å². The van der Waals surface area contributed by atoms with Gasteiger partial charge >= 0.3 is 5.97 Å². The van der Waals surface area contributed by atoms with Crippen molar-refractivity contribution in [2.45, 2.75) is 38.3 Å². The molecule has 5 heteroatoms. The molecule has 1 fully saturated rings. The van der Waals surface area contributed by atoms with Crippen molar-refractivity contribution >= 4 is 17.0 Å². The van der Waals surface area contributed by atoms with Crippen LogP contribution in [0.5, 0.6) is 0 Å². The van der Waals surface area contributed by atoms with Crippen molar-refractivity contribution < 1.29 is 9.90 Å². The predicted molar refractivity (Wildman–Crippen MR) is 81.6 cm³/mol. The molecule has 1 N–H and O–H groups in total. The smallest absolute Gasteiger partial charge is 0.335 e. The average Bonchev–Trinajstić information content (AvgIpc) is 3.02. The van der Waals surface area contributed by atoms with E-state index < -0.39 is 5.97 Å². The predicted octanol–water partition coefficient (Wildman–Crippen LogP) is 2.91. The second kappa shape index (κ2) is 5.48. The highest BCUT2D eigenvalue weighted by Gasteiger charge is 2.23. The monoisotopic (exact) mass is 287 g/mol. The largest absolute Gasteiger partial charge is 0.478 e. The number of aromatic nitrogens is 2. The second-order valence-corrected chi connectivity index (χ2v) is 6.08. The molecule has 3 rings (SSSR count). The lowest BCUT2D eigenvalue weighted by Gasteiger charge is -2.18.